The molecular weight excluding hydrogens is 212 g/mol. The zero-order valence-electron chi connectivity index (χ0n) is 10.3. The van der Waals surface area contributed by atoms with Crippen LogP contribution in [-0.4, -0.2) is 12.9 Å². The predicted molar refractivity (Wildman–Crippen MR) is 71.0 cm³/mol. The predicted octanol–water partition coefficient (Wildman–Crippen LogP) is 3.49. The minimum Gasteiger partial charge on any atom is -0.489 e. The molecule has 90 valence electrons. The highest BCUT2D eigenvalue weighted by Gasteiger charge is 2.05. The molecule has 2 heteroatoms. The van der Waals surface area contributed by atoms with Gasteiger partial charge in [0.1, 0.15) is 18.6 Å². The van der Waals surface area contributed by atoms with E-state index in [-0.39, 0.29) is 5.92 Å². The van der Waals surface area contributed by atoms with Gasteiger partial charge in [-0.05, 0) is 23.6 Å². The van der Waals surface area contributed by atoms with E-state index in [4.69, 9.17) is 4.74 Å². The Kier molecular flexibility index (Phi) is 5.21. The van der Waals surface area contributed by atoms with Crippen molar-refractivity contribution in [2.45, 2.75) is 13.8 Å². The Labute approximate surface area is 103 Å². The van der Waals surface area contributed by atoms with Gasteiger partial charge in [-0.2, -0.15) is 0 Å². The SMILES string of the molecule is C=CCOc1ccccc1C=C(C=O)C(C)C. The van der Waals surface area contributed by atoms with Gasteiger partial charge in [-0.25, -0.2) is 0 Å². The zero-order chi connectivity index (χ0) is 12.7. The molecule has 0 saturated carbocycles. The Morgan fingerprint density at radius 2 is 2.12 bits per heavy atom. The summed E-state index contributed by atoms with van der Waals surface area (Å²) in [4.78, 5) is 11.0. The Balaban J connectivity index is 3.03. The Morgan fingerprint density at radius 3 is 2.71 bits per heavy atom. The van der Waals surface area contributed by atoms with Gasteiger partial charge in [0.2, 0.25) is 0 Å². The van der Waals surface area contributed by atoms with Crippen LogP contribution in [-0.2, 0) is 4.79 Å². The molecule has 0 aliphatic heterocycles. The van der Waals surface area contributed by atoms with Gasteiger partial charge in [-0.1, -0.05) is 44.7 Å². The second-order valence-corrected chi connectivity index (χ2v) is 4.05. The topological polar surface area (TPSA) is 26.3 Å². The molecule has 1 aromatic rings. The van der Waals surface area contributed by atoms with Crippen molar-refractivity contribution in [1.29, 1.82) is 0 Å². The fraction of sp³-hybridized carbons (Fsp3) is 0.267. The lowest BCUT2D eigenvalue weighted by atomic mass is 10.0. The summed E-state index contributed by atoms with van der Waals surface area (Å²) >= 11 is 0. The molecule has 0 atom stereocenters. The summed E-state index contributed by atoms with van der Waals surface area (Å²) in [5.41, 5.74) is 1.69. The quantitative estimate of drug-likeness (QED) is 0.425. The van der Waals surface area contributed by atoms with Crippen molar-refractivity contribution in [1.82, 2.24) is 0 Å². The third-order valence-electron chi connectivity index (χ3n) is 2.40. The highest BCUT2D eigenvalue weighted by atomic mass is 16.5. The summed E-state index contributed by atoms with van der Waals surface area (Å²) in [6, 6.07) is 7.66. The van der Waals surface area contributed by atoms with Gasteiger partial charge in [0.25, 0.3) is 0 Å². The van der Waals surface area contributed by atoms with E-state index in [2.05, 4.69) is 6.58 Å². The number of benzene rings is 1. The monoisotopic (exact) mass is 230 g/mol. The van der Waals surface area contributed by atoms with Crippen molar-refractivity contribution in [3.63, 3.8) is 0 Å². The summed E-state index contributed by atoms with van der Waals surface area (Å²) in [5, 5.41) is 0. The molecule has 0 aliphatic rings. The van der Waals surface area contributed by atoms with Crippen molar-refractivity contribution >= 4 is 12.4 Å². The van der Waals surface area contributed by atoms with Crippen LogP contribution in [0.3, 0.4) is 0 Å². The van der Waals surface area contributed by atoms with Crippen molar-refractivity contribution in [2.75, 3.05) is 6.61 Å². The molecule has 17 heavy (non-hydrogen) atoms. The molecule has 1 aromatic carbocycles. The maximum Gasteiger partial charge on any atom is 0.146 e. The fourth-order valence-corrected chi connectivity index (χ4v) is 1.40. The summed E-state index contributed by atoms with van der Waals surface area (Å²) in [6.45, 7) is 8.06. The maximum atomic E-state index is 11.0. The van der Waals surface area contributed by atoms with E-state index in [1.807, 2.05) is 44.2 Å². The molecule has 0 N–H and O–H groups in total. The summed E-state index contributed by atoms with van der Waals surface area (Å²) in [7, 11) is 0. The average molecular weight is 230 g/mol. The minimum atomic E-state index is 0.208. The number of carbonyl (C=O) groups is 1. The standard InChI is InChI=1S/C15H18O2/c1-4-9-17-15-8-6-5-7-13(15)10-14(11-16)12(2)3/h4-8,10-12H,1,9H2,2-3H3. The van der Waals surface area contributed by atoms with Gasteiger partial charge in [0.15, 0.2) is 0 Å². The van der Waals surface area contributed by atoms with Gasteiger partial charge in [-0.3, -0.25) is 4.79 Å². The first kappa shape index (κ1) is 13.2. The van der Waals surface area contributed by atoms with E-state index in [1.54, 1.807) is 6.08 Å². The average Bonchev–Trinajstić information content (AvgIpc) is 2.34. The Morgan fingerprint density at radius 1 is 1.41 bits per heavy atom. The number of hydrogen-bond acceptors (Lipinski definition) is 2. The smallest absolute Gasteiger partial charge is 0.146 e. The molecule has 0 unspecified atom stereocenters. The number of ether oxygens (including phenoxy) is 1. The first-order valence-electron chi connectivity index (χ1n) is 5.68. The van der Waals surface area contributed by atoms with Gasteiger partial charge >= 0.3 is 0 Å². The fourth-order valence-electron chi connectivity index (χ4n) is 1.40. The summed E-state index contributed by atoms with van der Waals surface area (Å²) < 4.78 is 5.53. The van der Waals surface area contributed by atoms with E-state index >= 15 is 0 Å². The molecule has 0 heterocycles. The maximum absolute atomic E-state index is 11.0. The third-order valence-corrected chi connectivity index (χ3v) is 2.40. The molecule has 1 rings (SSSR count). The number of rotatable bonds is 6. The zero-order valence-corrected chi connectivity index (χ0v) is 10.3. The van der Waals surface area contributed by atoms with Crippen LogP contribution >= 0.6 is 0 Å². The Hall–Kier alpha value is -1.83. The molecule has 0 spiro atoms. The highest BCUT2D eigenvalue weighted by Crippen LogP contribution is 2.22. The van der Waals surface area contributed by atoms with Crippen LogP contribution in [0.15, 0.2) is 42.5 Å². The van der Waals surface area contributed by atoms with Crippen LogP contribution in [0.5, 0.6) is 5.75 Å². The third kappa shape index (κ3) is 3.91. The van der Waals surface area contributed by atoms with E-state index < -0.39 is 0 Å². The van der Waals surface area contributed by atoms with Crippen LogP contribution in [0.1, 0.15) is 19.4 Å². The molecule has 0 bridgehead atoms. The molecular formula is C15H18O2. The van der Waals surface area contributed by atoms with Crippen LogP contribution in [0.25, 0.3) is 6.08 Å². The van der Waals surface area contributed by atoms with Crippen LogP contribution in [0.2, 0.25) is 0 Å². The number of carbonyl (C=O) groups excluding carboxylic acids is 1. The number of allylic oxidation sites excluding steroid dienone is 1. The van der Waals surface area contributed by atoms with E-state index in [1.165, 1.54) is 0 Å². The van der Waals surface area contributed by atoms with Crippen molar-refractivity contribution < 1.29 is 9.53 Å². The van der Waals surface area contributed by atoms with Gasteiger partial charge in [-0.15, -0.1) is 0 Å². The highest BCUT2D eigenvalue weighted by molar-refractivity contribution is 5.83. The molecule has 0 amide bonds. The van der Waals surface area contributed by atoms with Crippen molar-refractivity contribution in [3.8, 4) is 5.75 Å². The summed E-state index contributed by atoms with van der Waals surface area (Å²) in [6.07, 6.45) is 4.47. The van der Waals surface area contributed by atoms with E-state index in [9.17, 15) is 4.79 Å². The van der Waals surface area contributed by atoms with Gasteiger partial charge < -0.3 is 4.74 Å². The molecule has 0 saturated heterocycles. The second-order valence-electron chi connectivity index (χ2n) is 4.05. The lowest BCUT2D eigenvalue weighted by molar-refractivity contribution is -0.105. The molecule has 0 fully saturated rings. The summed E-state index contributed by atoms with van der Waals surface area (Å²) in [5.74, 6) is 0.979. The van der Waals surface area contributed by atoms with Gasteiger partial charge in [0, 0.05) is 5.56 Å². The van der Waals surface area contributed by atoms with E-state index in [0.717, 1.165) is 23.2 Å². The first-order chi connectivity index (χ1) is 8.19. The first-order valence-corrected chi connectivity index (χ1v) is 5.68. The lowest BCUT2D eigenvalue weighted by Crippen LogP contribution is -1.98. The number of para-hydroxylation sites is 1. The Bertz CT molecular complexity index is 417. The number of aldehydes is 1. The van der Waals surface area contributed by atoms with Crippen LogP contribution < -0.4 is 4.74 Å². The number of hydrogen-bond donors (Lipinski definition) is 0. The second kappa shape index (κ2) is 6.69. The van der Waals surface area contributed by atoms with Crippen molar-refractivity contribution in [2.24, 2.45) is 5.92 Å². The van der Waals surface area contributed by atoms with Crippen LogP contribution in [0, 0.1) is 5.92 Å². The molecule has 0 aliphatic carbocycles. The molecule has 2 nitrogen and oxygen atoms in total. The largest absolute Gasteiger partial charge is 0.489 e. The van der Waals surface area contributed by atoms with Gasteiger partial charge in [0.05, 0.1) is 0 Å². The molecule has 0 radical (unpaired) electrons. The molecule has 0 aromatic heterocycles. The minimum absolute atomic E-state index is 0.208. The van der Waals surface area contributed by atoms with Crippen LogP contribution in [0.4, 0.5) is 0 Å². The van der Waals surface area contributed by atoms with E-state index in [0.29, 0.717) is 6.61 Å². The normalized spacial score (nSPS) is 11.4. The van der Waals surface area contributed by atoms with Crippen molar-refractivity contribution in [3.05, 3.63) is 48.1 Å². The lowest BCUT2D eigenvalue weighted by Gasteiger charge is -2.09.